The van der Waals surface area contributed by atoms with Crippen molar-refractivity contribution in [3.05, 3.63) is 177 Å². The van der Waals surface area contributed by atoms with Crippen LogP contribution in [0.2, 0.25) is 0 Å². The van der Waals surface area contributed by atoms with Gasteiger partial charge in [-0.1, -0.05) is 72.8 Å². The van der Waals surface area contributed by atoms with E-state index in [0.29, 0.717) is 46.6 Å². The molecule has 1 amide bonds. The van der Waals surface area contributed by atoms with Gasteiger partial charge in [-0.2, -0.15) is 0 Å². The fraction of sp³-hybridized carbons (Fsp3) is 0.320. The second-order valence-corrected chi connectivity index (χ2v) is 18.2. The maximum absolute atomic E-state index is 13.5. The Labute approximate surface area is 402 Å². The number of aromatic nitrogens is 6. The van der Waals surface area contributed by atoms with Crippen molar-refractivity contribution in [1.29, 1.82) is 0 Å². The van der Waals surface area contributed by atoms with E-state index in [2.05, 4.69) is 25.3 Å². The van der Waals surface area contributed by atoms with E-state index in [9.17, 15) is 18.9 Å². The molecule has 4 aromatic carbocycles. The number of hydrogen-bond acceptors (Lipinski definition) is 15. The monoisotopic (exact) mass is 972 g/mol. The van der Waals surface area contributed by atoms with Gasteiger partial charge in [-0.15, -0.1) is 4.52 Å². The molecule has 2 aliphatic heterocycles. The number of aryl methyl sites for hydroxylation is 1. The molecule has 2 N–H and O–H groups in total. The molecule has 0 bridgehead atoms. The van der Waals surface area contributed by atoms with E-state index in [1.54, 1.807) is 63.2 Å². The fourth-order valence-electron chi connectivity index (χ4n) is 8.64. The molecular formula is C50H51N7O12P+. The maximum atomic E-state index is 13.5. The van der Waals surface area contributed by atoms with Crippen LogP contribution in [0.3, 0.4) is 0 Å². The number of carbonyl (C=O) groups excluding carboxylic acids is 1. The van der Waals surface area contributed by atoms with Gasteiger partial charge in [-0.25, -0.2) is 19.7 Å². The zero-order valence-corrected chi connectivity index (χ0v) is 39.6. The number of nitrogens with one attached hydrogen (secondary N) is 2. The Balaban J connectivity index is 0.967. The lowest BCUT2D eigenvalue weighted by Gasteiger charge is -2.37. The van der Waals surface area contributed by atoms with E-state index < -0.39 is 68.5 Å². The topological polar surface area (TPSA) is 218 Å². The largest absolute Gasteiger partial charge is 0.542 e. The molecule has 7 atom stereocenters. The molecule has 0 radical (unpaired) electrons. The van der Waals surface area contributed by atoms with E-state index in [-0.39, 0.29) is 24.8 Å². The molecule has 0 spiro atoms. The number of benzene rings is 4. The van der Waals surface area contributed by atoms with Gasteiger partial charge in [0.05, 0.1) is 33.3 Å². The van der Waals surface area contributed by atoms with Gasteiger partial charge in [0.15, 0.2) is 23.3 Å². The minimum atomic E-state index is -2.45. The summed E-state index contributed by atoms with van der Waals surface area (Å²) in [5, 5.41) is 2.85. The molecule has 0 saturated carbocycles. The van der Waals surface area contributed by atoms with Crippen LogP contribution >= 0.6 is 8.03 Å². The highest BCUT2D eigenvalue weighted by Crippen LogP contribution is 2.44. The number of imidazole rings is 1. The summed E-state index contributed by atoms with van der Waals surface area (Å²) >= 11 is 0. The van der Waals surface area contributed by atoms with Crippen LogP contribution in [0.4, 0.5) is 5.82 Å². The Morgan fingerprint density at radius 1 is 0.843 bits per heavy atom. The Hall–Kier alpha value is -6.96. The number of ether oxygens (including phenoxy) is 7. The third kappa shape index (κ3) is 10.2. The molecule has 2 fully saturated rings. The number of H-pyrrole nitrogens is 1. The Bertz CT molecular complexity index is 3000. The average Bonchev–Trinajstić information content (AvgIpc) is 4.15. The summed E-state index contributed by atoms with van der Waals surface area (Å²) in [6.07, 6.45) is 1.85. The van der Waals surface area contributed by atoms with Crippen molar-refractivity contribution in [2.24, 2.45) is 0 Å². The third-order valence-electron chi connectivity index (χ3n) is 12.3. The highest BCUT2D eigenvalue weighted by molar-refractivity contribution is 7.39. The minimum absolute atomic E-state index is 0.0160. The molecule has 362 valence electrons. The van der Waals surface area contributed by atoms with Gasteiger partial charge in [-0.3, -0.25) is 23.7 Å². The summed E-state index contributed by atoms with van der Waals surface area (Å²) in [5.41, 5.74) is 1.78. The number of hydrogen-bond donors (Lipinski definition) is 2. The summed E-state index contributed by atoms with van der Waals surface area (Å²) < 4.78 is 65.9. The van der Waals surface area contributed by atoms with Crippen LogP contribution in [0.15, 0.2) is 138 Å². The number of anilines is 1. The normalized spacial score (nSPS) is 19.8. The second-order valence-electron chi connectivity index (χ2n) is 16.6. The number of carbonyl (C=O) groups is 1. The number of amides is 1. The first-order chi connectivity index (χ1) is 34.0. The lowest BCUT2D eigenvalue weighted by atomic mass is 9.80. The van der Waals surface area contributed by atoms with Gasteiger partial charge in [0.1, 0.15) is 42.0 Å². The van der Waals surface area contributed by atoms with Crippen molar-refractivity contribution in [2.45, 2.75) is 75.5 Å². The van der Waals surface area contributed by atoms with Crippen LogP contribution < -0.4 is 26.0 Å². The van der Waals surface area contributed by atoms with Crippen molar-refractivity contribution in [2.75, 3.05) is 32.9 Å². The molecule has 2 saturated heterocycles. The van der Waals surface area contributed by atoms with Crippen molar-refractivity contribution in [1.82, 2.24) is 29.1 Å². The van der Waals surface area contributed by atoms with E-state index >= 15 is 0 Å². The van der Waals surface area contributed by atoms with Gasteiger partial charge in [0.25, 0.3) is 17.3 Å². The molecule has 2 aliphatic rings. The number of methoxy groups -OCH3 is 2. The molecule has 9 rings (SSSR count). The van der Waals surface area contributed by atoms with E-state index in [4.69, 9.17) is 37.7 Å². The van der Waals surface area contributed by atoms with Crippen LogP contribution in [0.1, 0.15) is 71.3 Å². The lowest BCUT2D eigenvalue weighted by molar-refractivity contribution is -0.159. The van der Waals surface area contributed by atoms with Gasteiger partial charge >= 0.3 is 13.7 Å². The fourth-order valence-corrected chi connectivity index (χ4v) is 9.25. The van der Waals surface area contributed by atoms with E-state index in [0.717, 1.165) is 16.7 Å². The van der Waals surface area contributed by atoms with Gasteiger partial charge in [0, 0.05) is 37.1 Å². The van der Waals surface area contributed by atoms with Crippen LogP contribution in [-0.2, 0) is 38.4 Å². The predicted molar refractivity (Wildman–Crippen MR) is 255 cm³/mol. The highest BCUT2D eigenvalue weighted by Gasteiger charge is 2.44. The first-order valence-corrected chi connectivity index (χ1v) is 23.8. The van der Waals surface area contributed by atoms with Crippen LogP contribution in [0.5, 0.6) is 11.5 Å². The smallest absolute Gasteiger partial charge is 0.497 e. The number of aromatic amines is 1. The zero-order chi connectivity index (χ0) is 48.8. The van der Waals surface area contributed by atoms with Crippen molar-refractivity contribution < 1.29 is 47.0 Å². The van der Waals surface area contributed by atoms with Gasteiger partial charge in [0.2, 0.25) is 6.79 Å². The summed E-state index contributed by atoms with van der Waals surface area (Å²) in [5.74, 6) is 0.292. The zero-order valence-electron chi connectivity index (χ0n) is 38.7. The van der Waals surface area contributed by atoms with Crippen molar-refractivity contribution in [3.8, 4) is 11.5 Å². The SMILES string of the molecule is COc1ccc(C(OC[C@H]2O[C@@H](n3cnc4c(NC(=O)c5ccccc5)ncnc43)C[C@H]2OCO[P+](=O)C(C)O[C@@H]2CC[C@H](n3cc(C)c(=O)[nH]c3=O)O2)(c2ccccc2)c2ccc(OC)cc2)cc1. The highest BCUT2D eigenvalue weighted by atomic mass is 31.1. The Kier molecular flexibility index (Phi) is 14.7. The van der Waals surface area contributed by atoms with Crippen molar-refractivity contribution >= 4 is 30.9 Å². The molecule has 7 aromatic rings. The van der Waals surface area contributed by atoms with Gasteiger partial charge < -0.3 is 38.5 Å². The van der Waals surface area contributed by atoms with Crippen molar-refractivity contribution in [3.63, 3.8) is 0 Å². The summed E-state index contributed by atoms with van der Waals surface area (Å²) in [6.45, 7) is 2.78. The number of rotatable bonds is 19. The third-order valence-corrected chi connectivity index (χ3v) is 13.4. The standard InChI is InChI=1S/C50H50N7O12P/c1-31-26-56(49(60)55-47(31)58)41-23-24-43(69-41)67-32(2)70(61)66-30-64-39-25-42(57-29-53-44-45(51-28-52-46(44)57)54-48(59)33-11-7-5-8-12-33)68-40(39)27-65-50(34-13-9-6-10-14-34,35-15-19-37(62-3)20-16-35)36-17-21-38(63-4)22-18-36/h5-22,26,28-29,32,39-43H,23-25,27,30H2,1-4H3,(H-,51,52,54,55,58,59,60)/p+1/t32?,39-,40-,41-,42-,43+/m1/s1. The molecule has 0 aliphatic carbocycles. The molecule has 2 unspecified atom stereocenters. The Morgan fingerprint density at radius 2 is 1.50 bits per heavy atom. The Morgan fingerprint density at radius 3 is 2.17 bits per heavy atom. The number of fused-ring (bicyclic) bond motifs is 1. The first-order valence-electron chi connectivity index (χ1n) is 22.6. The van der Waals surface area contributed by atoms with Gasteiger partial charge in [-0.05, 0) is 71.0 Å². The van der Waals surface area contributed by atoms with Crippen LogP contribution in [0, 0.1) is 6.92 Å². The molecule has 70 heavy (non-hydrogen) atoms. The predicted octanol–water partition coefficient (Wildman–Crippen LogP) is 7.35. The number of nitrogens with zero attached hydrogens (tertiary/aromatic N) is 5. The molecular weight excluding hydrogens is 922 g/mol. The second kappa shape index (κ2) is 21.4. The molecule has 5 heterocycles. The minimum Gasteiger partial charge on any atom is -0.497 e. The molecule has 3 aromatic heterocycles. The quantitative estimate of drug-likeness (QED) is 0.0460. The van der Waals surface area contributed by atoms with Crippen LogP contribution in [0.25, 0.3) is 11.2 Å². The summed E-state index contributed by atoms with van der Waals surface area (Å²) in [4.78, 5) is 53.3. The van der Waals surface area contributed by atoms with E-state index in [1.807, 2.05) is 84.9 Å². The first kappa shape index (κ1) is 48.1. The molecule has 20 heteroatoms. The maximum Gasteiger partial charge on any atom is 0.542 e. The average molecular weight is 973 g/mol. The molecule has 19 nitrogen and oxygen atoms in total. The lowest BCUT2D eigenvalue weighted by Crippen LogP contribution is -2.38. The summed E-state index contributed by atoms with van der Waals surface area (Å²) in [7, 11) is 0.768. The van der Waals surface area contributed by atoms with Crippen LogP contribution in [-0.4, -0.2) is 86.9 Å². The van der Waals surface area contributed by atoms with E-state index in [1.165, 1.54) is 17.1 Å². The summed E-state index contributed by atoms with van der Waals surface area (Å²) in [6, 6.07) is 34.0.